The Morgan fingerprint density at radius 1 is 1.53 bits per heavy atom. The van der Waals surface area contributed by atoms with Crippen LogP contribution in [-0.2, 0) is 0 Å². The summed E-state index contributed by atoms with van der Waals surface area (Å²) in [6, 6.07) is 1.70. The zero-order valence-corrected chi connectivity index (χ0v) is 8.71. The summed E-state index contributed by atoms with van der Waals surface area (Å²) in [5.41, 5.74) is 6.32. The van der Waals surface area contributed by atoms with Crippen LogP contribution in [0, 0.1) is 0 Å². The Balaban J connectivity index is 2.04. The Labute approximate surface area is 92.2 Å². The molecule has 6 heteroatoms. The number of nitrogens with one attached hydrogen (secondary N) is 3. The highest BCUT2D eigenvalue weighted by Crippen LogP contribution is 2.13. The van der Waals surface area contributed by atoms with E-state index >= 15 is 0 Å². The zero-order chi connectivity index (χ0) is 10.7. The molecule has 0 radical (unpaired) electrons. The molecule has 1 saturated heterocycles. The van der Waals surface area contributed by atoms with Gasteiger partial charge in [-0.2, -0.15) is 0 Å². The monoisotopic (exact) mass is 226 g/mol. The van der Waals surface area contributed by atoms with E-state index in [1.807, 2.05) is 0 Å². The summed E-state index contributed by atoms with van der Waals surface area (Å²) in [5, 5.41) is 3.23. The molecule has 0 saturated carbocycles. The first kappa shape index (κ1) is 10.4. The minimum atomic E-state index is -0.169. The Hall–Kier alpha value is -1.17. The largest absolute Gasteiger partial charge is 0.347 e. The fraction of sp³-hybridized carbons (Fsp3) is 0.333. The molecular weight excluding hydrogens is 216 g/mol. The third-order valence-electron chi connectivity index (χ3n) is 2.17. The number of carbonyl (C=O) groups excluding carboxylic acids is 1. The topological polar surface area (TPSA) is 66.1 Å². The molecule has 0 aromatic carbocycles. The third-order valence-corrected chi connectivity index (χ3v) is 2.48. The van der Waals surface area contributed by atoms with Gasteiger partial charge < -0.3 is 5.32 Å². The van der Waals surface area contributed by atoms with Gasteiger partial charge in [-0.3, -0.25) is 20.6 Å². The molecule has 2 heterocycles. The fourth-order valence-corrected chi connectivity index (χ4v) is 1.59. The lowest BCUT2D eigenvalue weighted by atomic mass is 10.2. The molecule has 0 unspecified atom stereocenters. The van der Waals surface area contributed by atoms with Crippen LogP contribution in [0.4, 0.5) is 0 Å². The van der Waals surface area contributed by atoms with Crippen molar-refractivity contribution in [2.24, 2.45) is 0 Å². The predicted octanol–water partition coefficient (Wildman–Crippen LogP) is -0.0588. The Kier molecular flexibility index (Phi) is 3.15. The molecular formula is C9H11ClN4O. The highest BCUT2D eigenvalue weighted by molar-refractivity contribution is 6.33. The third kappa shape index (κ3) is 2.44. The Morgan fingerprint density at radius 3 is 2.93 bits per heavy atom. The summed E-state index contributed by atoms with van der Waals surface area (Å²) in [6.45, 7) is 1.43. The van der Waals surface area contributed by atoms with Gasteiger partial charge in [-0.1, -0.05) is 11.6 Å². The molecule has 1 fully saturated rings. The lowest BCUT2D eigenvalue weighted by Gasteiger charge is -2.10. The van der Waals surface area contributed by atoms with E-state index in [0.29, 0.717) is 23.7 Å². The van der Waals surface area contributed by atoms with Crippen LogP contribution < -0.4 is 16.2 Å². The first-order chi connectivity index (χ1) is 7.27. The van der Waals surface area contributed by atoms with Gasteiger partial charge in [0.15, 0.2) is 0 Å². The predicted molar refractivity (Wildman–Crippen MR) is 56.5 cm³/mol. The average Bonchev–Trinajstić information content (AvgIpc) is 2.71. The van der Waals surface area contributed by atoms with Crippen LogP contribution in [0.3, 0.4) is 0 Å². The number of halogens is 1. The quantitative estimate of drug-likeness (QED) is 0.661. The smallest absolute Gasteiger partial charge is 0.253 e. The molecule has 0 bridgehead atoms. The van der Waals surface area contributed by atoms with Crippen molar-refractivity contribution in [1.29, 1.82) is 0 Å². The molecule has 0 atom stereocenters. The second kappa shape index (κ2) is 4.57. The van der Waals surface area contributed by atoms with Crippen molar-refractivity contribution in [3.05, 3.63) is 29.0 Å². The maximum atomic E-state index is 11.7. The van der Waals surface area contributed by atoms with Crippen molar-refractivity contribution in [2.45, 2.75) is 6.04 Å². The van der Waals surface area contributed by atoms with Gasteiger partial charge in [0, 0.05) is 25.5 Å². The molecule has 1 aromatic heterocycles. The normalized spacial score (nSPS) is 16.6. The number of rotatable bonds is 2. The molecule has 0 spiro atoms. The number of nitrogens with zero attached hydrogens (tertiary/aromatic N) is 1. The summed E-state index contributed by atoms with van der Waals surface area (Å²) in [6.07, 6.45) is 3.01. The number of pyridine rings is 1. The maximum Gasteiger partial charge on any atom is 0.253 e. The van der Waals surface area contributed by atoms with Crippen LogP contribution in [-0.4, -0.2) is 30.0 Å². The first-order valence-electron chi connectivity index (χ1n) is 4.63. The van der Waals surface area contributed by atoms with Crippen molar-refractivity contribution in [3.8, 4) is 0 Å². The molecule has 15 heavy (non-hydrogen) atoms. The van der Waals surface area contributed by atoms with E-state index in [9.17, 15) is 4.79 Å². The van der Waals surface area contributed by atoms with Crippen molar-refractivity contribution < 1.29 is 4.79 Å². The number of hydrogen-bond donors (Lipinski definition) is 3. The molecule has 1 aliphatic rings. The van der Waals surface area contributed by atoms with Crippen LogP contribution in [0.25, 0.3) is 0 Å². The van der Waals surface area contributed by atoms with Gasteiger partial charge in [0.2, 0.25) is 0 Å². The standard InChI is InChI=1S/C9H11ClN4O/c10-8-5-11-2-1-7(8)9(15)14-6-3-12-13-4-6/h1-2,5-6,12-13H,3-4H2,(H,14,15). The lowest BCUT2D eigenvalue weighted by molar-refractivity contribution is 0.0942. The molecule has 0 aliphatic carbocycles. The lowest BCUT2D eigenvalue weighted by Crippen LogP contribution is -2.38. The molecule has 3 N–H and O–H groups in total. The summed E-state index contributed by atoms with van der Waals surface area (Å²) < 4.78 is 0. The van der Waals surface area contributed by atoms with Gasteiger partial charge in [0.05, 0.1) is 16.6 Å². The number of amides is 1. The summed E-state index contributed by atoms with van der Waals surface area (Å²) in [5.74, 6) is -0.169. The van der Waals surface area contributed by atoms with E-state index in [1.165, 1.54) is 6.20 Å². The van der Waals surface area contributed by atoms with Crippen LogP contribution >= 0.6 is 11.6 Å². The van der Waals surface area contributed by atoms with Gasteiger partial charge in [0.25, 0.3) is 5.91 Å². The molecule has 80 valence electrons. The van der Waals surface area contributed by atoms with Crippen LogP contribution in [0.2, 0.25) is 5.02 Å². The van der Waals surface area contributed by atoms with Crippen molar-refractivity contribution in [1.82, 2.24) is 21.2 Å². The first-order valence-corrected chi connectivity index (χ1v) is 5.01. The number of aromatic nitrogens is 1. The summed E-state index contributed by atoms with van der Waals surface area (Å²) in [4.78, 5) is 15.6. The van der Waals surface area contributed by atoms with Crippen LogP contribution in [0.15, 0.2) is 18.5 Å². The van der Waals surface area contributed by atoms with E-state index < -0.39 is 0 Å². The number of hydrogen-bond acceptors (Lipinski definition) is 4. The van der Waals surface area contributed by atoms with E-state index in [1.54, 1.807) is 12.3 Å². The van der Waals surface area contributed by atoms with E-state index in [-0.39, 0.29) is 11.9 Å². The number of hydrazine groups is 1. The fourth-order valence-electron chi connectivity index (χ4n) is 1.39. The van der Waals surface area contributed by atoms with Crippen LogP contribution in [0.5, 0.6) is 0 Å². The zero-order valence-electron chi connectivity index (χ0n) is 7.96. The summed E-state index contributed by atoms with van der Waals surface area (Å²) >= 11 is 5.85. The van der Waals surface area contributed by atoms with Crippen molar-refractivity contribution >= 4 is 17.5 Å². The van der Waals surface area contributed by atoms with E-state index in [4.69, 9.17) is 11.6 Å². The second-order valence-corrected chi connectivity index (χ2v) is 3.69. The van der Waals surface area contributed by atoms with Gasteiger partial charge in [-0.25, -0.2) is 0 Å². The van der Waals surface area contributed by atoms with Gasteiger partial charge in [0.1, 0.15) is 0 Å². The molecule has 5 nitrogen and oxygen atoms in total. The molecule has 1 aliphatic heterocycles. The van der Waals surface area contributed by atoms with Gasteiger partial charge in [-0.15, -0.1) is 0 Å². The van der Waals surface area contributed by atoms with Crippen molar-refractivity contribution in [2.75, 3.05) is 13.1 Å². The van der Waals surface area contributed by atoms with Crippen LogP contribution in [0.1, 0.15) is 10.4 Å². The molecule has 2 rings (SSSR count). The van der Waals surface area contributed by atoms with Gasteiger partial charge in [-0.05, 0) is 6.07 Å². The van der Waals surface area contributed by atoms with E-state index in [2.05, 4.69) is 21.2 Å². The molecule has 1 amide bonds. The minimum absolute atomic E-state index is 0.0988. The average molecular weight is 227 g/mol. The van der Waals surface area contributed by atoms with Crippen molar-refractivity contribution in [3.63, 3.8) is 0 Å². The Bertz CT molecular complexity index is 365. The highest BCUT2D eigenvalue weighted by atomic mass is 35.5. The SMILES string of the molecule is O=C(NC1CNNC1)c1ccncc1Cl. The minimum Gasteiger partial charge on any atom is -0.347 e. The summed E-state index contributed by atoms with van der Waals surface area (Å²) in [7, 11) is 0. The van der Waals surface area contributed by atoms with E-state index in [0.717, 1.165) is 0 Å². The maximum absolute atomic E-state index is 11.7. The molecule has 1 aromatic rings. The second-order valence-electron chi connectivity index (χ2n) is 3.29. The highest BCUT2D eigenvalue weighted by Gasteiger charge is 2.18. The van der Waals surface area contributed by atoms with Gasteiger partial charge >= 0.3 is 0 Å². The number of carbonyl (C=O) groups is 1. The Morgan fingerprint density at radius 2 is 2.27 bits per heavy atom.